The van der Waals surface area contributed by atoms with Crippen LogP contribution in [0.5, 0.6) is 0 Å². The van der Waals surface area contributed by atoms with Gasteiger partial charge in [0, 0.05) is 6.04 Å². The molecule has 1 aromatic carbocycles. The molecule has 0 amide bonds. The standard InChI is InChI=1S/C13H19NO3S/c1-9-6-11(8-15)7-13(10(9)2)18(16,17)14-12-4-3-5-12/h6-7,12,14-15H,3-5,8H2,1-2H3. The Morgan fingerprint density at radius 3 is 2.50 bits per heavy atom. The SMILES string of the molecule is Cc1cc(CO)cc(S(=O)(=O)NC2CCC2)c1C. The molecule has 1 aliphatic carbocycles. The predicted octanol–water partition coefficient (Wildman–Crippen LogP) is 1.63. The zero-order chi connectivity index (χ0) is 13.3. The van der Waals surface area contributed by atoms with Crippen LogP contribution in [-0.2, 0) is 16.6 Å². The van der Waals surface area contributed by atoms with Gasteiger partial charge >= 0.3 is 0 Å². The lowest BCUT2D eigenvalue weighted by molar-refractivity contribution is 0.281. The van der Waals surface area contributed by atoms with Crippen LogP contribution in [0.4, 0.5) is 0 Å². The molecule has 1 aliphatic rings. The fraction of sp³-hybridized carbons (Fsp3) is 0.538. The summed E-state index contributed by atoms with van der Waals surface area (Å²) in [6.07, 6.45) is 2.91. The van der Waals surface area contributed by atoms with Crippen LogP contribution in [0, 0.1) is 13.8 Å². The van der Waals surface area contributed by atoms with Crippen LogP contribution in [0.25, 0.3) is 0 Å². The molecule has 4 nitrogen and oxygen atoms in total. The second-order valence-electron chi connectivity index (χ2n) is 4.94. The summed E-state index contributed by atoms with van der Waals surface area (Å²) in [7, 11) is -3.47. The first-order valence-corrected chi connectivity index (χ1v) is 7.65. The van der Waals surface area contributed by atoms with Crippen molar-refractivity contribution in [1.29, 1.82) is 0 Å². The summed E-state index contributed by atoms with van der Waals surface area (Å²) in [6.45, 7) is 3.51. The van der Waals surface area contributed by atoms with Gasteiger partial charge in [0.15, 0.2) is 0 Å². The number of rotatable bonds is 4. The summed E-state index contributed by atoms with van der Waals surface area (Å²) < 4.78 is 27.3. The van der Waals surface area contributed by atoms with Gasteiger partial charge in [-0.15, -0.1) is 0 Å². The van der Waals surface area contributed by atoms with E-state index in [1.54, 1.807) is 13.0 Å². The van der Waals surface area contributed by atoms with Gasteiger partial charge in [0.25, 0.3) is 0 Å². The Balaban J connectivity index is 2.39. The lowest BCUT2D eigenvalue weighted by atomic mass is 9.94. The quantitative estimate of drug-likeness (QED) is 0.873. The first-order chi connectivity index (χ1) is 8.44. The molecular formula is C13H19NO3S. The Morgan fingerprint density at radius 1 is 1.33 bits per heavy atom. The number of hydrogen-bond donors (Lipinski definition) is 2. The number of sulfonamides is 1. The third-order valence-corrected chi connectivity index (χ3v) is 5.23. The highest BCUT2D eigenvalue weighted by Gasteiger charge is 2.26. The molecule has 0 spiro atoms. The summed E-state index contributed by atoms with van der Waals surface area (Å²) in [5.41, 5.74) is 2.27. The van der Waals surface area contributed by atoms with Gasteiger partial charge in [0.05, 0.1) is 11.5 Å². The van der Waals surface area contributed by atoms with Crippen molar-refractivity contribution in [1.82, 2.24) is 4.72 Å². The average Bonchev–Trinajstić information content (AvgIpc) is 2.27. The van der Waals surface area contributed by atoms with E-state index in [1.807, 2.05) is 13.0 Å². The molecule has 1 aromatic rings. The van der Waals surface area contributed by atoms with Crippen LogP contribution in [0.1, 0.15) is 36.0 Å². The number of hydrogen-bond acceptors (Lipinski definition) is 3. The van der Waals surface area contributed by atoms with E-state index in [-0.39, 0.29) is 12.6 Å². The van der Waals surface area contributed by atoms with Crippen LogP contribution >= 0.6 is 0 Å². The molecule has 2 N–H and O–H groups in total. The summed E-state index contributed by atoms with van der Waals surface area (Å²) in [4.78, 5) is 0.290. The Hall–Kier alpha value is -0.910. The van der Waals surface area contributed by atoms with Gasteiger partial charge in [-0.2, -0.15) is 0 Å². The summed E-state index contributed by atoms with van der Waals surface area (Å²) in [5.74, 6) is 0. The van der Waals surface area contributed by atoms with Crippen LogP contribution in [0.15, 0.2) is 17.0 Å². The second-order valence-corrected chi connectivity index (χ2v) is 6.63. The molecule has 0 radical (unpaired) electrons. The first-order valence-electron chi connectivity index (χ1n) is 6.17. The van der Waals surface area contributed by atoms with Crippen molar-refractivity contribution in [2.75, 3.05) is 0 Å². The molecule has 0 unspecified atom stereocenters. The van der Waals surface area contributed by atoms with E-state index in [4.69, 9.17) is 5.11 Å². The minimum Gasteiger partial charge on any atom is -0.392 e. The molecule has 0 aliphatic heterocycles. The highest BCUT2D eigenvalue weighted by molar-refractivity contribution is 7.89. The Labute approximate surface area is 108 Å². The van der Waals surface area contributed by atoms with Gasteiger partial charge in [-0.25, -0.2) is 13.1 Å². The van der Waals surface area contributed by atoms with Gasteiger partial charge in [0.2, 0.25) is 10.0 Å². The van der Waals surface area contributed by atoms with Crippen molar-refractivity contribution in [3.8, 4) is 0 Å². The summed E-state index contributed by atoms with van der Waals surface area (Å²) in [5, 5.41) is 9.17. The normalized spacial score (nSPS) is 16.6. The monoisotopic (exact) mass is 269 g/mol. The highest BCUT2D eigenvalue weighted by atomic mass is 32.2. The fourth-order valence-corrected chi connectivity index (χ4v) is 3.75. The molecular weight excluding hydrogens is 250 g/mol. The zero-order valence-corrected chi connectivity index (χ0v) is 11.5. The van der Waals surface area contributed by atoms with Crippen molar-refractivity contribution in [2.45, 2.75) is 50.7 Å². The molecule has 0 atom stereocenters. The van der Waals surface area contributed by atoms with Crippen molar-refractivity contribution < 1.29 is 13.5 Å². The largest absolute Gasteiger partial charge is 0.392 e. The molecule has 0 bridgehead atoms. The zero-order valence-electron chi connectivity index (χ0n) is 10.7. The van der Waals surface area contributed by atoms with E-state index in [9.17, 15) is 8.42 Å². The topological polar surface area (TPSA) is 66.4 Å². The van der Waals surface area contributed by atoms with E-state index in [0.29, 0.717) is 10.5 Å². The lowest BCUT2D eigenvalue weighted by Gasteiger charge is -2.26. The molecule has 18 heavy (non-hydrogen) atoms. The van der Waals surface area contributed by atoms with E-state index in [2.05, 4.69) is 4.72 Å². The first kappa shape index (κ1) is 13.5. The molecule has 5 heteroatoms. The molecule has 0 heterocycles. The Morgan fingerprint density at radius 2 is 2.00 bits per heavy atom. The number of aliphatic hydroxyl groups is 1. The van der Waals surface area contributed by atoms with E-state index >= 15 is 0 Å². The predicted molar refractivity (Wildman–Crippen MR) is 69.8 cm³/mol. The summed E-state index contributed by atoms with van der Waals surface area (Å²) in [6, 6.07) is 3.45. The van der Waals surface area contributed by atoms with Crippen LogP contribution < -0.4 is 4.72 Å². The third-order valence-electron chi connectivity index (χ3n) is 3.58. The maximum atomic E-state index is 12.3. The Kier molecular flexibility index (Phi) is 3.75. The number of aryl methyl sites for hydroxylation is 1. The van der Waals surface area contributed by atoms with Crippen LogP contribution in [-0.4, -0.2) is 19.6 Å². The number of aliphatic hydroxyl groups excluding tert-OH is 1. The van der Waals surface area contributed by atoms with Gasteiger partial charge in [-0.3, -0.25) is 0 Å². The van der Waals surface area contributed by atoms with E-state index < -0.39 is 10.0 Å². The smallest absolute Gasteiger partial charge is 0.241 e. The van der Waals surface area contributed by atoms with Crippen molar-refractivity contribution in [3.05, 3.63) is 28.8 Å². The maximum absolute atomic E-state index is 12.3. The van der Waals surface area contributed by atoms with Crippen molar-refractivity contribution in [2.24, 2.45) is 0 Å². The molecule has 1 saturated carbocycles. The molecule has 0 aromatic heterocycles. The maximum Gasteiger partial charge on any atom is 0.241 e. The highest BCUT2D eigenvalue weighted by Crippen LogP contribution is 2.25. The number of nitrogens with one attached hydrogen (secondary N) is 1. The van der Waals surface area contributed by atoms with Gasteiger partial charge in [0.1, 0.15) is 0 Å². The molecule has 0 saturated heterocycles. The van der Waals surface area contributed by atoms with Gasteiger partial charge in [-0.1, -0.05) is 12.5 Å². The second kappa shape index (κ2) is 4.99. The third kappa shape index (κ3) is 2.58. The van der Waals surface area contributed by atoms with Gasteiger partial charge < -0.3 is 5.11 Å². The van der Waals surface area contributed by atoms with Crippen molar-refractivity contribution in [3.63, 3.8) is 0 Å². The van der Waals surface area contributed by atoms with E-state index in [1.165, 1.54) is 0 Å². The van der Waals surface area contributed by atoms with E-state index in [0.717, 1.165) is 30.4 Å². The minimum absolute atomic E-state index is 0.0764. The minimum atomic E-state index is -3.47. The fourth-order valence-electron chi connectivity index (χ4n) is 2.08. The lowest BCUT2D eigenvalue weighted by Crippen LogP contribution is -2.39. The van der Waals surface area contributed by atoms with Gasteiger partial charge in [-0.05, 0) is 49.4 Å². The molecule has 2 rings (SSSR count). The number of benzene rings is 1. The van der Waals surface area contributed by atoms with Crippen LogP contribution in [0.2, 0.25) is 0 Å². The van der Waals surface area contributed by atoms with Crippen molar-refractivity contribution >= 4 is 10.0 Å². The molecule has 1 fully saturated rings. The Bertz CT molecular complexity index is 548. The molecule has 100 valence electrons. The van der Waals surface area contributed by atoms with Crippen LogP contribution in [0.3, 0.4) is 0 Å². The summed E-state index contributed by atoms with van der Waals surface area (Å²) >= 11 is 0. The average molecular weight is 269 g/mol.